The molecule has 10 heavy (non-hydrogen) atoms. The summed E-state index contributed by atoms with van der Waals surface area (Å²) >= 11 is 0. The zero-order valence-corrected chi connectivity index (χ0v) is 4.87. The summed E-state index contributed by atoms with van der Waals surface area (Å²) in [6.45, 7) is 0. The molecule has 0 aliphatic carbocycles. The number of carbonyl (C=O) groups excluding carboxylic acids is 1. The molecule has 2 N–H and O–H groups in total. The van der Waals surface area contributed by atoms with E-state index in [1.165, 1.54) is 0 Å². The number of aldehydes is 1. The molecular weight excluding hydrogens is 136 g/mol. The minimum atomic E-state index is -0.685. The van der Waals surface area contributed by atoms with E-state index in [2.05, 4.69) is 5.10 Å². The van der Waals surface area contributed by atoms with Crippen LogP contribution in [0.3, 0.4) is 0 Å². The molecule has 0 saturated carbocycles. The van der Waals surface area contributed by atoms with Crippen LogP contribution in [-0.2, 0) is 0 Å². The van der Waals surface area contributed by atoms with E-state index in [0.29, 0.717) is 0 Å². The van der Waals surface area contributed by atoms with E-state index in [4.69, 9.17) is 5.11 Å². The molecule has 0 spiro atoms. The van der Waals surface area contributed by atoms with Crippen LogP contribution in [0, 0.1) is 0 Å². The van der Waals surface area contributed by atoms with E-state index < -0.39 is 11.3 Å². The number of aromatic amines is 1. The highest BCUT2D eigenvalue weighted by Gasteiger charge is 2.02. The Balaban J connectivity index is 3.45. The minimum absolute atomic E-state index is 0.274. The van der Waals surface area contributed by atoms with Gasteiger partial charge in [-0.2, -0.15) is 5.10 Å². The summed E-state index contributed by atoms with van der Waals surface area (Å²) in [4.78, 5) is 20.6. The van der Waals surface area contributed by atoms with Gasteiger partial charge < -0.3 is 5.11 Å². The Labute approximate surface area is 55.3 Å². The predicted octanol–water partition coefficient (Wildman–Crippen LogP) is -0.712. The predicted molar refractivity (Wildman–Crippen MR) is 31.9 cm³/mol. The van der Waals surface area contributed by atoms with Gasteiger partial charge in [0.2, 0.25) is 0 Å². The third-order valence-corrected chi connectivity index (χ3v) is 0.991. The first-order valence-electron chi connectivity index (χ1n) is 2.47. The van der Waals surface area contributed by atoms with Crippen LogP contribution in [0.15, 0.2) is 11.0 Å². The van der Waals surface area contributed by atoms with Gasteiger partial charge in [0.1, 0.15) is 5.56 Å². The highest BCUT2D eigenvalue weighted by molar-refractivity contribution is 5.77. The van der Waals surface area contributed by atoms with Crippen molar-refractivity contribution >= 4 is 6.29 Å². The molecule has 0 aromatic carbocycles. The maximum atomic E-state index is 10.6. The molecule has 0 aliphatic rings. The first-order valence-corrected chi connectivity index (χ1v) is 2.47. The van der Waals surface area contributed by atoms with Gasteiger partial charge in [-0.1, -0.05) is 0 Å². The Morgan fingerprint density at radius 2 is 2.40 bits per heavy atom. The second kappa shape index (κ2) is 2.30. The molecule has 1 aromatic heterocycles. The van der Waals surface area contributed by atoms with Crippen LogP contribution < -0.4 is 5.56 Å². The van der Waals surface area contributed by atoms with Crippen molar-refractivity contribution in [2.45, 2.75) is 0 Å². The third-order valence-electron chi connectivity index (χ3n) is 0.991. The summed E-state index contributed by atoms with van der Waals surface area (Å²) < 4.78 is 0. The molecule has 0 aliphatic heterocycles. The average molecular weight is 140 g/mol. The quantitative estimate of drug-likeness (QED) is 0.504. The van der Waals surface area contributed by atoms with E-state index in [1.807, 2.05) is 5.10 Å². The van der Waals surface area contributed by atoms with Gasteiger partial charge in [0, 0.05) is 0 Å². The van der Waals surface area contributed by atoms with Crippen LogP contribution in [0.5, 0.6) is 5.75 Å². The Morgan fingerprint density at radius 1 is 1.70 bits per heavy atom. The number of aromatic hydroxyl groups is 1. The minimum Gasteiger partial charge on any atom is -0.505 e. The van der Waals surface area contributed by atoms with Crippen LogP contribution in [0.1, 0.15) is 10.4 Å². The van der Waals surface area contributed by atoms with Crippen LogP contribution in [0.25, 0.3) is 0 Å². The SMILES string of the molecule is O=Cc1c(O)cn[nH]c1=O. The van der Waals surface area contributed by atoms with Crippen molar-refractivity contribution in [3.8, 4) is 5.75 Å². The molecular formula is C5H4N2O3. The Kier molecular flexibility index (Phi) is 1.49. The number of carbonyl (C=O) groups is 1. The monoisotopic (exact) mass is 140 g/mol. The molecule has 5 heteroatoms. The third kappa shape index (κ3) is 0.883. The molecule has 0 bridgehead atoms. The van der Waals surface area contributed by atoms with Crippen LogP contribution in [0.4, 0.5) is 0 Å². The van der Waals surface area contributed by atoms with Gasteiger partial charge in [0.15, 0.2) is 12.0 Å². The maximum Gasteiger partial charge on any atom is 0.278 e. The van der Waals surface area contributed by atoms with Crippen LogP contribution in [-0.4, -0.2) is 21.6 Å². The van der Waals surface area contributed by atoms with Crippen molar-refractivity contribution in [2.24, 2.45) is 0 Å². The van der Waals surface area contributed by atoms with Gasteiger partial charge in [0.25, 0.3) is 5.56 Å². The molecule has 5 nitrogen and oxygen atoms in total. The maximum absolute atomic E-state index is 10.6. The lowest BCUT2D eigenvalue weighted by Crippen LogP contribution is -2.12. The molecule has 0 unspecified atom stereocenters. The van der Waals surface area contributed by atoms with Crippen molar-refractivity contribution in [3.63, 3.8) is 0 Å². The van der Waals surface area contributed by atoms with Gasteiger partial charge in [-0.15, -0.1) is 0 Å². The number of rotatable bonds is 1. The first-order chi connectivity index (χ1) is 4.75. The fourth-order valence-electron chi connectivity index (χ4n) is 0.512. The zero-order valence-electron chi connectivity index (χ0n) is 4.87. The first kappa shape index (κ1) is 6.47. The second-order valence-electron chi connectivity index (χ2n) is 1.62. The summed E-state index contributed by atoms with van der Waals surface area (Å²) in [6, 6.07) is 0. The van der Waals surface area contributed by atoms with Crippen molar-refractivity contribution in [1.29, 1.82) is 0 Å². The lowest BCUT2D eigenvalue weighted by atomic mass is 10.3. The van der Waals surface area contributed by atoms with Crippen LogP contribution in [0.2, 0.25) is 0 Å². The van der Waals surface area contributed by atoms with Crippen molar-refractivity contribution < 1.29 is 9.90 Å². The number of nitrogens with one attached hydrogen (secondary N) is 1. The number of hydrogen-bond acceptors (Lipinski definition) is 4. The summed E-state index contributed by atoms with van der Waals surface area (Å²) in [7, 11) is 0. The highest BCUT2D eigenvalue weighted by Crippen LogP contribution is 2.04. The topological polar surface area (TPSA) is 83.0 Å². The summed E-state index contributed by atoms with van der Waals surface area (Å²) in [6.07, 6.45) is 1.26. The number of H-pyrrole nitrogens is 1. The molecule has 0 radical (unpaired) electrons. The Bertz CT molecular complexity index is 304. The molecule has 1 aromatic rings. The number of nitrogens with zero attached hydrogens (tertiary/aromatic N) is 1. The molecule has 1 heterocycles. The van der Waals surface area contributed by atoms with Crippen molar-refractivity contribution in [1.82, 2.24) is 10.2 Å². The van der Waals surface area contributed by atoms with Gasteiger partial charge in [-0.25, -0.2) is 5.10 Å². The van der Waals surface area contributed by atoms with Gasteiger partial charge in [-0.3, -0.25) is 9.59 Å². The fraction of sp³-hybridized carbons (Fsp3) is 0. The van der Waals surface area contributed by atoms with E-state index >= 15 is 0 Å². The molecule has 52 valence electrons. The molecule has 0 saturated heterocycles. The Morgan fingerprint density at radius 3 is 2.80 bits per heavy atom. The van der Waals surface area contributed by atoms with Gasteiger partial charge in [0.05, 0.1) is 6.20 Å². The summed E-state index contributed by atoms with van der Waals surface area (Å²) in [5.41, 5.74) is -0.981. The van der Waals surface area contributed by atoms with Crippen molar-refractivity contribution in [2.75, 3.05) is 0 Å². The molecule has 1 rings (SSSR count). The fourth-order valence-corrected chi connectivity index (χ4v) is 0.512. The van der Waals surface area contributed by atoms with E-state index in [0.717, 1.165) is 6.20 Å². The molecule has 0 fully saturated rings. The lowest BCUT2D eigenvalue weighted by Gasteiger charge is -1.90. The van der Waals surface area contributed by atoms with E-state index in [1.54, 1.807) is 0 Å². The van der Waals surface area contributed by atoms with E-state index in [9.17, 15) is 9.59 Å². The zero-order chi connectivity index (χ0) is 7.56. The Hall–Kier alpha value is -1.65. The smallest absolute Gasteiger partial charge is 0.278 e. The largest absolute Gasteiger partial charge is 0.505 e. The lowest BCUT2D eigenvalue weighted by molar-refractivity contribution is 0.111. The number of hydrogen-bond donors (Lipinski definition) is 2. The van der Waals surface area contributed by atoms with Gasteiger partial charge >= 0.3 is 0 Å². The van der Waals surface area contributed by atoms with Crippen molar-refractivity contribution in [3.05, 3.63) is 22.1 Å². The second-order valence-corrected chi connectivity index (χ2v) is 1.62. The summed E-state index contributed by atoms with van der Waals surface area (Å²) in [5.74, 6) is -0.404. The van der Waals surface area contributed by atoms with Crippen LogP contribution >= 0.6 is 0 Å². The average Bonchev–Trinajstić information content (AvgIpc) is 1.88. The normalized spacial score (nSPS) is 9.20. The summed E-state index contributed by atoms with van der Waals surface area (Å²) in [5, 5.41) is 14.0. The molecule has 0 amide bonds. The molecule has 0 atom stereocenters. The van der Waals surface area contributed by atoms with E-state index in [-0.39, 0.29) is 11.8 Å². The number of aromatic nitrogens is 2. The van der Waals surface area contributed by atoms with Gasteiger partial charge in [-0.05, 0) is 0 Å². The standard InChI is InChI=1S/C5H4N2O3/c8-2-3-4(9)1-6-7-5(3)10/h1-2H,(H2,7,9,10). The highest BCUT2D eigenvalue weighted by atomic mass is 16.3.